The molecule has 0 saturated carbocycles. The Hall–Kier alpha value is -3.41. The number of fused-ring (bicyclic) bond motifs is 1. The Kier molecular flexibility index (Phi) is 4.11. The fourth-order valence-electron chi connectivity index (χ4n) is 2.21. The molecular weight excluding hydrogens is 308 g/mol. The molecular formula is C18H14N2O4. The van der Waals surface area contributed by atoms with Crippen molar-refractivity contribution in [2.75, 3.05) is 5.43 Å². The molecule has 2 aromatic carbocycles. The second-order valence-electron chi connectivity index (χ2n) is 5.18. The van der Waals surface area contributed by atoms with Gasteiger partial charge in [0.1, 0.15) is 5.58 Å². The zero-order valence-electron chi connectivity index (χ0n) is 12.8. The van der Waals surface area contributed by atoms with E-state index in [9.17, 15) is 9.59 Å². The molecule has 120 valence electrons. The lowest BCUT2D eigenvalue weighted by atomic mass is 10.1. The molecule has 0 radical (unpaired) electrons. The molecule has 1 aromatic heterocycles. The Morgan fingerprint density at radius 3 is 2.54 bits per heavy atom. The van der Waals surface area contributed by atoms with Crippen LogP contribution in [-0.4, -0.2) is 16.8 Å². The largest absolute Gasteiger partial charge is 0.478 e. The number of nitrogens with one attached hydrogen (secondary N) is 1. The predicted molar refractivity (Wildman–Crippen MR) is 91.7 cm³/mol. The van der Waals surface area contributed by atoms with E-state index in [1.165, 1.54) is 12.1 Å². The van der Waals surface area contributed by atoms with Crippen LogP contribution in [0.1, 0.15) is 22.8 Å². The van der Waals surface area contributed by atoms with Crippen molar-refractivity contribution >= 4 is 28.3 Å². The quantitative estimate of drug-likeness (QED) is 0.437. The van der Waals surface area contributed by atoms with E-state index in [1.54, 1.807) is 37.3 Å². The van der Waals surface area contributed by atoms with Gasteiger partial charge in [-0.2, -0.15) is 5.10 Å². The second-order valence-corrected chi connectivity index (χ2v) is 5.18. The van der Waals surface area contributed by atoms with Crippen LogP contribution in [0.4, 0.5) is 5.69 Å². The number of carboxylic acid groups (broad SMARTS) is 1. The number of nitrogens with zero attached hydrogens (tertiary/aromatic N) is 1. The summed E-state index contributed by atoms with van der Waals surface area (Å²) in [7, 11) is 0. The average molecular weight is 322 g/mol. The van der Waals surface area contributed by atoms with Crippen LogP contribution in [0.15, 0.2) is 68.9 Å². The Morgan fingerprint density at radius 1 is 1.12 bits per heavy atom. The molecule has 0 aliphatic rings. The monoisotopic (exact) mass is 322 g/mol. The van der Waals surface area contributed by atoms with E-state index < -0.39 is 11.6 Å². The van der Waals surface area contributed by atoms with Crippen LogP contribution in [0.2, 0.25) is 0 Å². The minimum atomic E-state index is -0.991. The van der Waals surface area contributed by atoms with Gasteiger partial charge >= 0.3 is 11.6 Å². The van der Waals surface area contributed by atoms with Crippen molar-refractivity contribution in [2.45, 2.75) is 6.92 Å². The maximum absolute atomic E-state index is 12.1. The smallest absolute Gasteiger partial charge is 0.345 e. The highest BCUT2D eigenvalue weighted by Crippen LogP contribution is 2.14. The van der Waals surface area contributed by atoms with Gasteiger partial charge in [0.15, 0.2) is 0 Å². The van der Waals surface area contributed by atoms with Crippen LogP contribution < -0.4 is 11.1 Å². The Morgan fingerprint density at radius 2 is 1.83 bits per heavy atom. The summed E-state index contributed by atoms with van der Waals surface area (Å²) in [5.74, 6) is -0.991. The third kappa shape index (κ3) is 3.17. The van der Waals surface area contributed by atoms with E-state index in [4.69, 9.17) is 9.52 Å². The molecule has 2 N–H and O–H groups in total. The molecule has 0 amide bonds. The average Bonchev–Trinajstić information content (AvgIpc) is 2.59. The summed E-state index contributed by atoms with van der Waals surface area (Å²) in [6, 6.07) is 15.1. The third-order valence-corrected chi connectivity index (χ3v) is 3.52. The molecule has 0 saturated heterocycles. The number of para-hydroxylation sites is 1. The fraction of sp³-hybridized carbons (Fsp3) is 0.0556. The first-order valence-electron chi connectivity index (χ1n) is 7.21. The number of aromatic carboxylic acids is 1. The van der Waals surface area contributed by atoms with Crippen molar-refractivity contribution < 1.29 is 14.3 Å². The van der Waals surface area contributed by atoms with E-state index in [2.05, 4.69) is 10.5 Å². The highest BCUT2D eigenvalue weighted by molar-refractivity contribution is 6.00. The van der Waals surface area contributed by atoms with Gasteiger partial charge in [-0.1, -0.05) is 18.2 Å². The Balaban J connectivity index is 1.86. The molecule has 0 spiro atoms. The van der Waals surface area contributed by atoms with Crippen LogP contribution in [0, 0.1) is 0 Å². The highest BCUT2D eigenvalue weighted by Gasteiger charge is 2.08. The maximum atomic E-state index is 12.1. The van der Waals surface area contributed by atoms with Crippen LogP contribution in [0.5, 0.6) is 0 Å². The maximum Gasteiger partial charge on any atom is 0.345 e. The molecule has 0 aliphatic heterocycles. The van der Waals surface area contributed by atoms with Crippen molar-refractivity contribution in [3.8, 4) is 0 Å². The van der Waals surface area contributed by atoms with Crippen LogP contribution in [0.3, 0.4) is 0 Å². The lowest BCUT2D eigenvalue weighted by Crippen LogP contribution is -2.13. The summed E-state index contributed by atoms with van der Waals surface area (Å²) < 4.78 is 5.28. The lowest BCUT2D eigenvalue weighted by molar-refractivity contribution is 0.0697. The van der Waals surface area contributed by atoms with Gasteiger partial charge in [-0.05, 0) is 43.3 Å². The van der Waals surface area contributed by atoms with E-state index in [0.717, 1.165) is 5.39 Å². The van der Waals surface area contributed by atoms with Crippen LogP contribution in [-0.2, 0) is 0 Å². The number of rotatable bonds is 4. The summed E-state index contributed by atoms with van der Waals surface area (Å²) in [5, 5.41) is 13.8. The van der Waals surface area contributed by atoms with Gasteiger partial charge < -0.3 is 9.52 Å². The molecule has 0 atom stereocenters. The van der Waals surface area contributed by atoms with Crippen molar-refractivity contribution in [1.82, 2.24) is 0 Å². The van der Waals surface area contributed by atoms with Gasteiger partial charge in [0.05, 0.1) is 22.5 Å². The number of hydrogen-bond acceptors (Lipinski definition) is 5. The lowest BCUT2D eigenvalue weighted by Gasteiger charge is -2.04. The van der Waals surface area contributed by atoms with Gasteiger partial charge in [0.25, 0.3) is 0 Å². The molecule has 0 aliphatic carbocycles. The second kappa shape index (κ2) is 6.37. The number of hydrogen-bond donors (Lipinski definition) is 2. The van der Waals surface area contributed by atoms with Gasteiger partial charge in [-0.15, -0.1) is 0 Å². The molecule has 1 heterocycles. The number of benzene rings is 2. The van der Waals surface area contributed by atoms with Gasteiger partial charge in [0, 0.05) is 5.39 Å². The first-order chi connectivity index (χ1) is 11.5. The summed E-state index contributed by atoms with van der Waals surface area (Å²) in [6.07, 6.45) is 0. The molecule has 3 rings (SSSR count). The number of carboxylic acids is 1. The van der Waals surface area contributed by atoms with Gasteiger partial charge in [-0.3, -0.25) is 5.43 Å². The first-order valence-corrected chi connectivity index (χ1v) is 7.21. The summed E-state index contributed by atoms with van der Waals surface area (Å²) in [5.41, 5.74) is 4.50. The molecule has 0 fully saturated rings. The van der Waals surface area contributed by atoms with E-state index >= 15 is 0 Å². The van der Waals surface area contributed by atoms with Crippen molar-refractivity contribution in [1.29, 1.82) is 0 Å². The Labute approximate surface area is 137 Å². The first kappa shape index (κ1) is 15.5. The summed E-state index contributed by atoms with van der Waals surface area (Å²) >= 11 is 0. The zero-order chi connectivity index (χ0) is 17.1. The molecule has 6 heteroatoms. The normalized spacial score (nSPS) is 11.5. The molecule has 24 heavy (non-hydrogen) atoms. The fourth-order valence-corrected chi connectivity index (χ4v) is 2.21. The van der Waals surface area contributed by atoms with Crippen molar-refractivity contribution in [3.05, 3.63) is 76.1 Å². The third-order valence-electron chi connectivity index (χ3n) is 3.52. The van der Waals surface area contributed by atoms with E-state index in [-0.39, 0.29) is 5.56 Å². The zero-order valence-corrected chi connectivity index (χ0v) is 12.8. The van der Waals surface area contributed by atoms with Crippen LogP contribution >= 0.6 is 0 Å². The van der Waals surface area contributed by atoms with Crippen molar-refractivity contribution in [3.63, 3.8) is 0 Å². The van der Waals surface area contributed by atoms with E-state index in [1.807, 2.05) is 12.1 Å². The number of carbonyl (C=O) groups is 1. The summed E-state index contributed by atoms with van der Waals surface area (Å²) in [6.45, 7) is 1.69. The minimum Gasteiger partial charge on any atom is -0.478 e. The van der Waals surface area contributed by atoms with Crippen LogP contribution in [0.25, 0.3) is 11.0 Å². The topological polar surface area (TPSA) is 91.9 Å². The number of hydrazone groups is 1. The van der Waals surface area contributed by atoms with Gasteiger partial charge in [-0.25, -0.2) is 9.59 Å². The van der Waals surface area contributed by atoms with Crippen molar-refractivity contribution in [2.24, 2.45) is 5.10 Å². The standard InChI is InChI=1S/C18H14N2O4/c1-11(19-20-14-8-6-12(7-9-14)17(21)22)15-10-13-4-2-3-5-16(13)24-18(15)23/h2-10,20H,1H3,(H,21,22)/b19-11-. The molecule has 0 bridgehead atoms. The Bertz CT molecular complexity index is 988. The van der Waals surface area contributed by atoms with Gasteiger partial charge in [0.2, 0.25) is 0 Å². The SMILES string of the molecule is C/C(=N/Nc1ccc(C(=O)O)cc1)c1cc2ccccc2oc1=O. The minimum absolute atomic E-state index is 0.191. The highest BCUT2D eigenvalue weighted by atomic mass is 16.4. The van der Waals surface area contributed by atoms with E-state index in [0.29, 0.717) is 22.5 Å². The molecule has 0 unspecified atom stereocenters. The summed E-state index contributed by atoms with van der Waals surface area (Å²) in [4.78, 5) is 22.9. The predicted octanol–water partition coefficient (Wildman–Crippen LogP) is 3.33. The molecule has 3 aromatic rings. The molecule has 6 nitrogen and oxygen atoms in total. The number of anilines is 1.